The van der Waals surface area contributed by atoms with Crippen LogP contribution < -0.4 is 4.74 Å². The van der Waals surface area contributed by atoms with Crippen molar-refractivity contribution >= 4 is 28.0 Å². The second kappa shape index (κ2) is 8.83. The first-order valence-corrected chi connectivity index (χ1v) is 11.0. The summed E-state index contributed by atoms with van der Waals surface area (Å²) in [5.41, 5.74) is 3.13. The number of ether oxygens (including phenoxy) is 2. The summed E-state index contributed by atoms with van der Waals surface area (Å²) in [6, 6.07) is 24.3. The SMILES string of the molecule is CCOC(=O)c1cc(C(=O)c2ccc3ccccc3c2)n2cnc(-c3ccccc3OC)cc12. The molecule has 2 aromatic heterocycles. The Balaban J connectivity index is 1.67. The molecule has 0 aliphatic heterocycles. The van der Waals surface area contributed by atoms with Gasteiger partial charge in [-0.2, -0.15) is 0 Å². The fourth-order valence-electron chi connectivity index (χ4n) is 4.13. The van der Waals surface area contributed by atoms with Crippen LogP contribution in [0, 0.1) is 0 Å². The summed E-state index contributed by atoms with van der Waals surface area (Å²) >= 11 is 0. The van der Waals surface area contributed by atoms with Crippen molar-refractivity contribution in [2.45, 2.75) is 6.92 Å². The van der Waals surface area contributed by atoms with Gasteiger partial charge in [0.2, 0.25) is 5.78 Å². The molecule has 5 aromatic rings. The largest absolute Gasteiger partial charge is 0.496 e. The highest BCUT2D eigenvalue weighted by Gasteiger charge is 2.23. The number of nitrogens with zero attached hydrogens (tertiary/aromatic N) is 2. The molecular formula is C28H22N2O4. The minimum Gasteiger partial charge on any atom is -0.496 e. The number of carbonyl (C=O) groups excluding carboxylic acids is 2. The molecule has 0 radical (unpaired) electrons. The summed E-state index contributed by atoms with van der Waals surface area (Å²) < 4.78 is 12.4. The Morgan fingerprint density at radius 3 is 2.47 bits per heavy atom. The quantitative estimate of drug-likeness (QED) is 0.250. The maximum Gasteiger partial charge on any atom is 0.340 e. The zero-order chi connectivity index (χ0) is 23.7. The van der Waals surface area contributed by atoms with Crippen LogP contribution in [0.4, 0.5) is 0 Å². The van der Waals surface area contributed by atoms with Gasteiger partial charge in [-0.25, -0.2) is 9.78 Å². The van der Waals surface area contributed by atoms with Crippen LogP contribution in [0.25, 0.3) is 27.5 Å². The van der Waals surface area contributed by atoms with E-state index in [0.717, 1.165) is 16.3 Å². The number of benzene rings is 3. The van der Waals surface area contributed by atoms with Gasteiger partial charge in [0, 0.05) is 11.1 Å². The second-order valence-electron chi connectivity index (χ2n) is 7.78. The highest BCUT2D eigenvalue weighted by molar-refractivity contribution is 6.12. The van der Waals surface area contributed by atoms with E-state index in [4.69, 9.17) is 9.47 Å². The normalized spacial score (nSPS) is 11.0. The smallest absolute Gasteiger partial charge is 0.340 e. The van der Waals surface area contributed by atoms with E-state index >= 15 is 0 Å². The molecule has 6 heteroatoms. The highest BCUT2D eigenvalue weighted by Crippen LogP contribution is 2.31. The molecule has 34 heavy (non-hydrogen) atoms. The van der Waals surface area contributed by atoms with Crippen LogP contribution in [-0.2, 0) is 4.74 Å². The standard InChI is InChI=1S/C28H22N2O4/c1-3-34-28(32)22-15-25(27(31)20-13-12-18-8-4-5-9-19(18)14-20)30-17-29-23(16-24(22)30)21-10-6-7-11-26(21)33-2/h4-17H,3H2,1-2H3. The molecule has 0 bridgehead atoms. The van der Waals surface area contributed by atoms with Crippen molar-refractivity contribution in [1.82, 2.24) is 9.38 Å². The van der Waals surface area contributed by atoms with E-state index in [1.54, 1.807) is 43.0 Å². The molecule has 2 heterocycles. The number of ketones is 1. The van der Waals surface area contributed by atoms with Crippen LogP contribution in [-0.4, -0.2) is 34.9 Å². The van der Waals surface area contributed by atoms with Crippen LogP contribution in [0.1, 0.15) is 33.3 Å². The van der Waals surface area contributed by atoms with Crippen LogP contribution in [0.3, 0.4) is 0 Å². The third-order valence-corrected chi connectivity index (χ3v) is 5.78. The van der Waals surface area contributed by atoms with E-state index < -0.39 is 5.97 Å². The summed E-state index contributed by atoms with van der Waals surface area (Å²) in [7, 11) is 1.60. The topological polar surface area (TPSA) is 69.9 Å². The molecule has 3 aromatic carbocycles. The van der Waals surface area contributed by atoms with Crippen LogP contribution in [0.2, 0.25) is 0 Å². The number of methoxy groups -OCH3 is 1. The van der Waals surface area contributed by atoms with Gasteiger partial charge < -0.3 is 9.47 Å². The Labute approximate surface area is 196 Å². The molecule has 0 aliphatic carbocycles. The predicted molar refractivity (Wildman–Crippen MR) is 131 cm³/mol. The lowest BCUT2D eigenvalue weighted by molar-refractivity contribution is 0.0529. The Bertz CT molecular complexity index is 1550. The average molecular weight is 450 g/mol. The van der Waals surface area contributed by atoms with E-state index in [-0.39, 0.29) is 12.4 Å². The third kappa shape index (κ3) is 3.69. The van der Waals surface area contributed by atoms with E-state index in [1.165, 1.54) is 0 Å². The van der Waals surface area contributed by atoms with E-state index in [9.17, 15) is 9.59 Å². The van der Waals surface area contributed by atoms with E-state index in [2.05, 4.69) is 4.98 Å². The van der Waals surface area contributed by atoms with Gasteiger partial charge in [0.1, 0.15) is 12.1 Å². The number of fused-ring (bicyclic) bond motifs is 2. The maximum atomic E-state index is 13.5. The lowest BCUT2D eigenvalue weighted by atomic mass is 10.0. The fourth-order valence-corrected chi connectivity index (χ4v) is 4.13. The zero-order valence-electron chi connectivity index (χ0n) is 18.8. The number of aromatic nitrogens is 2. The average Bonchev–Trinajstić information content (AvgIpc) is 3.27. The lowest BCUT2D eigenvalue weighted by Crippen LogP contribution is -2.06. The van der Waals surface area contributed by atoms with Gasteiger partial charge >= 0.3 is 5.97 Å². The number of carbonyl (C=O) groups is 2. The van der Waals surface area contributed by atoms with Gasteiger partial charge in [-0.15, -0.1) is 0 Å². The Hall–Kier alpha value is -4.45. The van der Waals surface area contributed by atoms with Gasteiger partial charge in [-0.3, -0.25) is 9.20 Å². The minimum atomic E-state index is -0.491. The molecule has 5 rings (SSSR count). The van der Waals surface area contributed by atoms with Crippen molar-refractivity contribution in [3.05, 3.63) is 102 Å². The first-order chi connectivity index (χ1) is 16.6. The molecule has 0 N–H and O–H groups in total. The second-order valence-corrected chi connectivity index (χ2v) is 7.78. The molecule has 0 amide bonds. The van der Waals surface area contributed by atoms with Gasteiger partial charge in [0.25, 0.3) is 0 Å². The maximum absolute atomic E-state index is 13.5. The molecular weight excluding hydrogens is 428 g/mol. The number of esters is 1. The van der Waals surface area contributed by atoms with Crippen molar-refractivity contribution in [3.63, 3.8) is 0 Å². The lowest BCUT2D eigenvalue weighted by Gasteiger charge is -2.09. The van der Waals surface area contributed by atoms with E-state index in [0.29, 0.717) is 33.8 Å². The first-order valence-electron chi connectivity index (χ1n) is 11.0. The van der Waals surface area contributed by atoms with Crippen molar-refractivity contribution < 1.29 is 19.1 Å². The van der Waals surface area contributed by atoms with Crippen LogP contribution in [0.5, 0.6) is 5.75 Å². The molecule has 0 atom stereocenters. The van der Waals surface area contributed by atoms with Gasteiger partial charge in [-0.1, -0.05) is 48.5 Å². The van der Waals surface area contributed by atoms with Gasteiger partial charge in [0.15, 0.2) is 0 Å². The molecule has 0 saturated heterocycles. The zero-order valence-corrected chi connectivity index (χ0v) is 18.8. The van der Waals surface area contributed by atoms with Crippen molar-refractivity contribution in [2.75, 3.05) is 13.7 Å². The van der Waals surface area contributed by atoms with Crippen molar-refractivity contribution in [2.24, 2.45) is 0 Å². The summed E-state index contributed by atoms with van der Waals surface area (Å²) in [5.74, 6) is -0.0334. The molecule has 0 unspecified atom stereocenters. The van der Waals surface area contributed by atoms with Crippen molar-refractivity contribution in [3.8, 4) is 17.0 Å². The number of hydrogen-bond donors (Lipinski definition) is 0. The Morgan fingerprint density at radius 2 is 1.68 bits per heavy atom. The highest BCUT2D eigenvalue weighted by atomic mass is 16.5. The first kappa shape index (κ1) is 21.4. The summed E-state index contributed by atoms with van der Waals surface area (Å²) in [4.78, 5) is 30.9. The van der Waals surface area contributed by atoms with Gasteiger partial charge in [0.05, 0.1) is 36.2 Å². The van der Waals surface area contributed by atoms with Crippen LogP contribution in [0.15, 0.2) is 85.2 Å². The summed E-state index contributed by atoms with van der Waals surface area (Å²) in [6.45, 7) is 1.98. The molecule has 0 spiro atoms. The monoisotopic (exact) mass is 450 g/mol. The van der Waals surface area contributed by atoms with E-state index in [1.807, 2.05) is 60.7 Å². The Kier molecular flexibility index (Phi) is 5.55. The Morgan fingerprint density at radius 1 is 0.912 bits per heavy atom. The molecule has 168 valence electrons. The fraction of sp³-hybridized carbons (Fsp3) is 0.107. The van der Waals surface area contributed by atoms with Crippen LogP contribution >= 0.6 is 0 Å². The number of para-hydroxylation sites is 1. The van der Waals surface area contributed by atoms with Crippen molar-refractivity contribution in [1.29, 1.82) is 0 Å². The van der Waals surface area contributed by atoms with Gasteiger partial charge in [-0.05, 0) is 48.0 Å². The molecule has 0 fully saturated rings. The number of hydrogen-bond acceptors (Lipinski definition) is 5. The molecule has 6 nitrogen and oxygen atoms in total. The summed E-state index contributed by atoms with van der Waals surface area (Å²) in [5, 5.41) is 2.02. The molecule has 0 saturated carbocycles. The predicted octanol–water partition coefficient (Wildman–Crippen LogP) is 5.57. The minimum absolute atomic E-state index is 0.205. The molecule has 0 aliphatic rings. The third-order valence-electron chi connectivity index (χ3n) is 5.78. The number of rotatable bonds is 6. The summed E-state index contributed by atoms with van der Waals surface area (Å²) in [6.07, 6.45) is 1.56.